The highest BCUT2D eigenvalue weighted by Gasteiger charge is 2.31. The molecule has 1 atom stereocenters. The number of rotatable bonds is 6. The first kappa shape index (κ1) is 23.4. The molecule has 1 aliphatic carbocycles. The lowest BCUT2D eigenvalue weighted by Crippen LogP contribution is -2.46. The molecular weight excluding hydrogens is 453 g/mol. The third-order valence-electron chi connectivity index (χ3n) is 7.13. The number of fused-ring (bicyclic) bond motifs is 3. The van der Waals surface area contributed by atoms with Gasteiger partial charge in [0.25, 0.3) is 0 Å². The molecule has 0 radical (unpaired) electrons. The molecule has 1 aliphatic heterocycles. The Morgan fingerprint density at radius 2 is 1.51 bits per heavy atom. The van der Waals surface area contributed by atoms with Crippen LogP contribution >= 0.6 is 0 Å². The van der Waals surface area contributed by atoms with E-state index in [2.05, 4.69) is 22.8 Å². The van der Waals surface area contributed by atoms with Gasteiger partial charge in [-0.3, -0.25) is 0 Å². The molecule has 2 aliphatic rings. The second-order valence-corrected chi connectivity index (χ2v) is 9.23. The molecule has 0 saturated carbocycles. The van der Waals surface area contributed by atoms with Crippen molar-refractivity contribution < 1.29 is 22.7 Å². The van der Waals surface area contributed by atoms with Crippen LogP contribution in [0.15, 0.2) is 60.7 Å². The lowest BCUT2D eigenvalue weighted by Gasteiger charge is -2.31. The van der Waals surface area contributed by atoms with Crippen molar-refractivity contribution in [3.8, 4) is 11.1 Å². The topological polar surface area (TPSA) is 50.4 Å². The number of ether oxygens (including phenoxy) is 1. The Hall–Kier alpha value is -3.32. The zero-order valence-corrected chi connectivity index (χ0v) is 19.2. The maximum Gasteiger partial charge on any atom is 0.407 e. The molecule has 1 fully saturated rings. The van der Waals surface area contributed by atoms with Gasteiger partial charge in [-0.25, -0.2) is 18.0 Å². The normalized spacial score (nSPS) is 16.4. The summed E-state index contributed by atoms with van der Waals surface area (Å²) in [5.74, 6) is -3.17. The average Bonchev–Trinajstić information content (AvgIpc) is 3.20. The average molecular weight is 481 g/mol. The molecular formula is C28H27F3N2O2. The summed E-state index contributed by atoms with van der Waals surface area (Å²) in [6.45, 7) is 1.71. The van der Waals surface area contributed by atoms with Crippen LogP contribution in [0, 0.1) is 23.4 Å². The van der Waals surface area contributed by atoms with E-state index in [-0.39, 0.29) is 30.4 Å². The van der Waals surface area contributed by atoms with E-state index in [9.17, 15) is 18.0 Å². The molecule has 4 nitrogen and oxygen atoms in total. The highest BCUT2D eigenvalue weighted by Crippen LogP contribution is 2.44. The molecule has 35 heavy (non-hydrogen) atoms. The zero-order valence-electron chi connectivity index (χ0n) is 19.2. The number of benzene rings is 3. The number of carbonyl (C=O) groups is 1. The van der Waals surface area contributed by atoms with E-state index < -0.39 is 29.6 Å². The molecule has 7 heteroatoms. The minimum atomic E-state index is -1.23. The van der Waals surface area contributed by atoms with Crippen molar-refractivity contribution in [1.29, 1.82) is 0 Å². The van der Waals surface area contributed by atoms with E-state index in [1.807, 2.05) is 36.4 Å². The van der Waals surface area contributed by atoms with Crippen LogP contribution in [0.2, 0.25) is 0 Å². The Balaban J connectivity index is 1.30. The Kier molecular flexibility index (Phi) is 6.77. The van der Waals surface area contributed by atoms with Crippen molar-refractivity contribution in [2.45, 2.75) is 31.2 Å². The Morgan fingerprint density at radius 3 is 2.17 bits per heavy atom. The predicted molar refractivity (Wildman–Crippen MR) is 128 cm³/mol. The van der Waals surface area contributed by atoms with Crippen molar-refractivity contribution in [3.63, 3.8) is 0 Å². The molecule has 0 bridgehead atoms. The van der Waals surface area contributed by atoms with Crippen molar-refractivity contribution in [2.75, 3.05) is 19.7 Å². The second-order valence-electron chi connectivity index (χ2n) is 9.23. The van der Waals surface area contributed by atoms with Crippen molar-refractivity contribution in [1.82, 2.24) is 10.6 Å². The Bertz CT molecular complexity index is 1180. The monoisotopic (exact) mass is 480 g/mol. The summed E-state index contributed by atoms with van der Waals surface area (Å²) < 4.78 is 47.2. The maximum atomic E-state index is 14.4. The zero-order chi connectivity index (χ0) is 24.4. The van der Waals surface area contributed by atoms with Crippen LogP contribution in [0.5, 0.6) is 0 Å². The minimum Gasteiger partial charge on any atom is -0.449 e. The SMILES string of the molecule is O=C(N[C@H](Cc1cc(F)c(F)cc1F)C1CCNCC1)OCC1c2ccccc2-c2ccccc21. The van der Waals surface area contributed by atoms with Gasteiger partial charge < -0.3 is 15.4 Å². The molecule has 3 aromatic rings. The third-order valence-corrected chi connectivity index (χ3v) is 7.13. The van der Waals surface area contributed by atoms with Gasteiger partial charge in [0.1, 0.15) is 12.4 Å². The van der Waals surface area contributed by atoms with E-state index >= 15 is 0 Å². The summed E-state index contributed by atoms with van der Waals surface area (Å²) >= 11 is 0. The largest absolute Gasteiger partial charge is 0.449 e. The minimum absolute atomic E-state index is 0.0337. The van der Waals surface area contributed by atoms with Gasteiger partial charge in [0.05, 0.1) is 0 Å². The van der Waals surface area contributed by atoms with E-state index in [1.165, 1.54) is 0 Å². The fourth-order valence-corrected chi connectivity index (χ4v) is 5.33. The van der Waals surface area contributed by atoms with Gasteiger partial charge in [-0.05, 0) is 72.2 Å². The molecule has 1 saturated heterocycles. The smallest absolute Gasteiger partial charge is 0.407 e. The molecule has 182 valence electrons. The number of hydrogen-bond donors (Lipinski definition) is 2. The lowest BCUT2D eigenvalue weighted by atomic mass is 9.86. The van der Waals surface area contributed by atoms with Crippen LogP contribution in [-0.4, -0.2) is 31.8 Å². The molecule has 3 aromatic carbocycles. The van der Waals surface area contributed by atoms with Gasteiger partial charge >= 0.3 is 6.09 Å². The quantitative estimate of drug-likeness (QED) is 0.455. The van der Waals surface area contributed by atoms with Crippen molar-refractivity contribution >= 4 is 6.09 Å². The van der Waals surface area contributed by atoms with E-state index in [0.717, 1.165) is 54.3 Å². The summed E-state index contributed by atoms with van der Waals surface area (Å²) in [5, 5.41) is 6.16. The molecule has 0 unspecified atom stereocenters. The number of carbonyl (C=O) groups excluding carboxylic acids is 1. The Morgan fingerprint density at radius 1 is 0.914 bits per heavy atom. The summed E-state index contributed by atoms with van der Waals surface area (Å²) in [6.07, 6.45) is 1.01. The van der Waals surface area contributed by atoms with E-state index in [0.29, 0.717) is 6.07 Å². The molecule has 0 aromatic heterocycles. The first-order valence-electron chi connectivity index (χ1n) is 12.0. The van der Waals surface area contributed by atoms with Gasteiger partial charge in [-0.2, -0.15) is 0 Å². The van der Waals surface area contributed by atoms with Crippen LogP contribution in [0.3, 0.4) is 0 Å². The van der Waals surface area contributed by atoms with Gasteiger partial charge in [0, 0.05) is 18.0 Å². The lowest BCUT2D eigenvalue weighted by molar-refractivity contribution is 0.132. The highest BCUT2D eigenvalue weighted by atomic mass is 19.2. The van der Waals surface area contributed by atoms with E-state index in [4.69, 9.17) is 4.74 Å². The summed E-state index contributed by atoms with van der Waals surface area (Å²) in [6, 6.07) is 17.1. The maximum absolute atomic E-state index is 14.4. The highest BCUT2D eigenvalue weighted by molar-refractivity contribution is 5.79. The molecule has 5 rings (SSSR count). The number of piperidine rings is 1. The molecule has 0 spiro atoms. The third kappa shape index (κ3) is 4.91. The van der Waals surface area contributed by atoms with Gasteiger partial charge in [0.15, 0.2) is 11.6 Å². The van der Waals surface area contributed by atoms with Crippen LogP contribution < -0.4 is 10.6 Å². The Labute approximate surface area is 202 Å². The summed E-state index contributed by atoms with van der Waals surface area (Å²) in [4.78, 5) is 12.9. The van der Waals surface area contributed by atoms with Crippen molar-refractivity contribution in [2.24, 2.45) is 5.92 Å². The van der Waals surface area contributed by atoms with Crippen LogP contribution in [-0.2, 0) is 11.2 Å². The number of nitrogens with one attached hydrogen (secondary N) is 2. The predicted octanol–water partition coefficient (Wildman–Crippen LogP) is 5.55. The fourth-order valence-electron chi connectivity index (χ4n) is 5.33. The number of halogens is 3. The van der Waals surface area contributed by atoms with Crippen LogP contribution in [0.1, 0.15) is 35.4 Å². The molecule has 1 heterocycles. The van der Waals surface area contributed by atoms with E-state index in [1.54, 1.807) is 0 Å². The van der Waals surface area contributed by atoms with Crippen LogP contribution in [0.25, 0.3) is 11.1 Å². The van der Waals surface area contributed by atoms with Gasteiger partial charge in [0.2, 0.25) is 0 Å². The van der Waals surface area contributed by atoms with Crippen LogP contribution in [0.4, 0.5) is 18.0 Å². The first-order chi connectivity index (χ1) is 17.0. The second kappa shape index (κ2) is 10.1. The van der Waals surface area contributed by atoms with Gasteiger partial charge in [-0.15, -0.1) is 0 Å². The molecule has 2 N–H and O–H groups in total. The standard InChI is InChI=1S/C28H27F3N2O2/c29-24-15-26(31)25(30)13-18(24)14-27(17-9-11-32-12-10-17)33-28(34)35-16-23-21-7-3-1-5-19(21)20-6-2-4-8-22(20)23/h1-8,13,15,17,23,27,32H,9-12,14,16H2,(H,33,34)/t27-/m1/s1. The number of alkyl carbamates (subject to hydrolysis) is 1. The fraction of sp³-hybridized carbons (Fsp3) is 0.321. The summed E-state index contributed by atoms with van der Waals surface area (Å²) in [7, 11) is 0. The first-order valence-corrected chi connectivity index (χ1v) is 12.0. The molecule has 1 amide bonds. The number of hydrogen-bond acceptors (Lipinski definition) is 3. The summed E-state index contributed by atoms with van der Waals surface area (Å²) in [5.41, 5.74) is 4.53. The van der Waals surface area contributed by atoms with Crippen molar-refractivity contribution in [3.05, 3.63) is 94.8 Å². The number of amides is 1. The van der Waals surface area contributed by atoms with Gasteiger partial charge in [-0.1, -0.05) is 48.5 Å².